The molecule has 1 aromatic carbocycles. The van der Waals surface area contributed by atoms with Crippen molar-refractivity contribution in [1.82, 2.24) is 0 Å². The van der Waals surface area contributed by atoms with Gasteiger partial charge in [-0.25, -0.2) is 4.39 Å². The number of ketones is 2. The second-order valence-electron chi connectivity index (χ2n) is 5.30. The van der Waals surface area contributed by atoms with Gasteiger partial charge in [0.1, 0.15) is 5.82 Å². The minimum atomic E-state index is -1.53. The first-order valence-electron chi connectivity index (χ1n) is 7.23. The zero-order valence-corrected chi connectivity index (χ0v) is 14.6. The molecule has 0 radical (unpaired) electrons. The van der Waals surface area contributed by atoms with Crippen LogP contribution in [0, 0.1) is 23.1 Å². The fraction of sp³-hybridized carbons (Fsp3) is 0.222. The maximum Gasteiger partial charge on any atom is 0.327 e. The van der Waals surface area contributed by atoms with Crippen molar-refractivity contribution in [3.63, 3.8) is 0 Å². The molecule has 0 bridgehead atoms. The second-order valence-corrected chi connectivity index (χ2v) is 6.38. The van der Waals surface area contributed by atoms with Crippen molar-refractivity contribution in [2.75, 3.05) is 7.11 Å². The van der Waals surface area contributed by atoms with Crippen molar-refractivity contribution in [2.45, 2.75) is 18.7 Å². The van der Waals surface area contributed by atoms with Crippen molar-refractivity contribution in [3.8, 4) is 6.07 Å². The molecule has 0 saturated carbocycles. The lowest BCUT2D eigenvalue weighted by Crippen LogP contribution is -2.29. The van der Waals surface area contributed by atoms with Gasteiger partial charge >= 0.3 is 5.97 Å². The number of allylic oxidation sites excluding steroid dienone is 3. The Morgan fingerprint density at radius 2 is 1.88 bits per heavy atom. The zero-order chi connectivity index (χ0) is 18.7. The van der Waals surface area contributed by atoms with Crippen LogP contribution >= 0.6 is 11.8 Å². The summed E-state index contributed by atoms with van der Waals surface area (Å²) in [6.07, 6.45) is 0. The maximum absolute atomic E-state index is 13.4. The summed E-state index contributed by atoms with van der Waals surface area (Å²) in [4.78, 5) is 37.5. The number of esters is 1. The van der Waals surface area contributed by atoms with E-state index in [9.17, 15) is 24.0 Å². The molecule has 2 rings (SSSR count). The molecule has 1 atom stereocenters. The Kier molecular flexibility index (Phi) is 5.55. The third kappa shape index (κ3) is 3.54. The van der Waals surface area contributed by atoms with Crippen molar-refractivity contribution in [2.24, 2.45) is 5.92 Å². The van der Waals surface area contributed by atoms with E-state index in [1.54, 1.807) is 12.1 Å². The first-order chi connectivity index (χ1) is 11.8. The topological polar surface area (TPSA) is 84.2 Å². The van der Waals surface area contributed by atoms with E-state index in [1.165, 1.54) is 32.0 Å². The average Bonchev–Trinajstić information content (AvgIpc) is 2.60. The maximum atomic E-state index is 13.4. The minimum Gasteiger partial charge on any atom is -0.468 e. The van der Waals surface area contributed by atoms with Crippen LogP contribution < -0.4 is 0 Å². The van der Waals surface area contributed by atoms with Crippen molar-refractivity contribution in [3.05, 3.63) is 51.7 Å². The van der Waals surface area contributed by atoms with Crippen LogP contribution in [0.4, 0.5) is 4.39 Å². The number of halogens is 1. The molecule has 0 aromatic heterocycles. The van der Waals surface area contributed by atoms with E-state index in [1.807, 2.05) is 0 Å². The summed E-state index contributed by atoms with van der Waals surface area (Å²) < 4.78 is 18.0. The Morgan fingerprint density at radius 1 is 1.24 bits per heavy atom. The molecule has 0 heterocycles. The van der Waals surface area contributed by atoms with E-state index < -0.39 is 29.3 Å². The van der Waals surface area contributed by atoms with E-state index in [0.29, 0.717) is 4.90 Å². The molecule has 0 fully saturated rings. The van der Waals surface area contributed by atoms with Gasteiger partial charge in [-0.2, -0.15) is 5.26 Å². The Hall–Kier alpha value is -2.72. The third-order valence-corrected chi connectivity index (χ3v) is 4.91. The first-order valence-corrected chi connectivity index (χ1v) is 8.05. The van der Waals surface area contributed by atoms with Gasteiger partial charge in [0.05, 0.1) is 18.1 Å². The Balaban J connectivity index is 2.64. The van der Waals surface area contributed by atoms with E-state index in [4.69, 9.17) is 0 Å². The molecule has 0 spiro atoms. The minimum absolute atomic E-state index is 0.0596. The number of nitriles is 1. The molecule has 0 saturated heterocycles. The summed E-state index contributed by atoms with van der Waals surface area (Å²) in [6.45, 7) is 2.96. The predicted molar refractivity (Wildman–Crippen MR) is 88.8 cm³/mol. The highest BCUT2D eigenvalue weighted by Crippen LogP contribution is 2.39. The lowest BCUT2D eigenvalue weighted by Gasteiger charge is -2.22. The zero-order valence-electron chi connectivity index (χ0n) is 13.8. The summed E-state index contributed by atoms with van der Waals surface area (Å²) >= 11 is 0.852. The number of benzene rings is 1. The van der Waals surface area contributed by atoms with Crippen LogP contribution in [-0.2, 0) is 19.1 Å². The number of carbonyl (C=O) groups is 3. The molecule has 0 N–H and O–H groups in total. The number of Topliss-reactive ketones (excluding diaryl/α,β-unsaturated/α-hetero) is 2. The molecule has 1 aromatic rings. The quantitative estimate of drug-likeness (QED) is 0.607. The monoisotopic (exact) mass is 359 g/mol. The Bertz CT molecular complexity index is 879. The molecule has 0 amide bonds. The van der Waals surface area contributed by atoms with Crippen LogP contribution in [-0.4, -0.2) is 24.6 Å². The fourth-order valence-electron chi connectivity index (χ4n) is 2.30. The summed E-state index contributed by atoms with van der Waals surface area (Å²) in [6, 6.07) is 7.19. The van der Waals surface area contributed by atoms with Crippen molar-refractivity contribution < 1.29 is 23.5 Å². The van der Waals surface area contributed by atoms with Gasteiger partial charge in [0, 0.05) is 21.6 Å². The lowest BCUT2D eigenvalue weighted by atomic mass is 9.84. The molecule has 1 aliphatic rings. The van der Waals surface area contributed by atoms with Crippen LogP contribution in [0.1, 0.15) is 13.8 Å². The molecular weight excluding hydrogens is 345 g/mol. The van der Waals surface area contributed by atoms with Gasteiger partial charge in [-0.15, -0.1) is 0 Å². The normalized spacial score (nSPS) is 16.0. The van der Waals surface area contributed by atoms with E-state index in [2.05, 4.69) is 4.74 Å². The molecule has 1 aliphatic carbocycles. The molecule has 128 valence electrons. The average molecular weight is 359 g/mol. The fourth-order valence-corrected chi connectivity index (χ4v) is 3.42. The van der Waals surface area contributed by atoms with Gasteiger partial charge in [0.2, 0.25) is 0 Å². The molecule has 25 heavy (non-hydrogen) atoms. The van der Waals surface area contributed by atoms with Crippen LogP contribution in [0.25, 0.3) is 0 Å². The smallest absolute Gasteiger partial charge is 0.327 e. The van der Waals surface area contributed by atoms with Gasteiger partial charge in [-0.1, -0.05) is 17.8 Å². The van der Waals surface area contributed by atoms with Gasteiger partial charge in [-0.05, 0) is 32.0 Å². The summed E-state index contributed by atoms with van der Waals surface area (Å²) in [5.41, 5.74) is 0.179. The van der Waals surface area contributed by atoms with Gasteiger partial charge in [-0.3, -0.25) is 14.4 Å². The lowest BCUT2D eigenvalue weighted by molar-refractivity contribution is -0.143. The van der Waals surface area contributed by atoms with Gasteiger partial charge < -0.3 is 4.74 Å². The highest BCUT2D eigenvalue weighted by Gasteiger charge is 2.39. The van der Waals surface area contributed by atoms with E-state index in [0.717, 1.165) is 18.9 Å². The number of nitrogens with zero attached hydrogens (tertiary/aromatic N) is 1. The largest absolute Gasteiger partial charge is 0.468 e. The SMILES string of the molecule is COC(=O)C(C#N)C1=C(Sc2cccc(F)c2)C(=O)C(C)=C(C)C1=O. The van der Waals surface area contributed by atoms with E-state index in [-0.39, 0.29) is 21.6 Å². The number of thioether (sulfide) groups is 1. The number of hydrogen-bond donors (Lipinski definition) is 0. The Labute approximate surface area is 148 Å². The number of rotatable bonds is 4. The van der Waals surface area contributed by atoms with Crippen LogP contribution in [0.2, 0.25) is 0 Å². The predicted octanol–water partition coefficient (Wildman–Crippen LogP) is 2.97. The van der Waals surface area contributed by atoms with Crippen LogP contribution in [0.5, 0.6) is 0 Å². The first kappa shape index (κ1) is 18.6. The number of carbonyl (C=O) groups excluding carboxylic acids is 3. The highest BCUT2D eigenvalue weighted by atomic mass is 32.2. The van der Waals surface area contributed by atoms with Gasteiger partial charge in [0.15, 0.2) is 17.5 Å². The summed E-state index contributed by atoms with van der Waals surface area (Å²) in [5.74, 6) is -3.99. The second kappa shape index (κ2) is 7.45. The number of hydrogen-bond acceptors (Lipinski definition) is 6. The van der Waals surface area contributed by atoms with Crippen LogP contribution in [0.15, 0.2) is 50.8 Å². The van der Waals surface area contributed by atoms with Crippen molar-refractivity contribution in [1.29, 1.82) is 5.26 Å². The summed E-state index contributed by atoms with van der Waals surface area (Å²) in [7, 11) is 1.09. The van der Waals surface area contributed by atoms with E-state index >= 15 is 0 Å². The number of methoxy groups -OCH3 is 1. The van der Waals surface area contributed by atoms with Crippen molar-refractivity contribution >= 4 is 29.3 Å². The highest BCUT2D eigenvalue weighted by molar-refractivity contribution is 8.04. The Morgan fingerprint density at radius 3 is 2.44 bits per heavy atom. The standard InChI is InChI=1S/C18H14FNO4S/c1-9-10(2)16(22)17(25-12-6-4-5-11(19)7-12)14(15(9)21)13(8-20)18(23)24-3/h4-7,13H,1-3H3. The summed E-state index contributed by atoms with van der Waals surface area (Å²) in [5, 5.41) is 9.33. The van der Waals surface area contributed by atoms with Gasteiger partial charge in [0.25, 0.3) is 0 Å². The molecular formula is C18H14FNO4S. The third-order valence-electron chi connectivity index (χ3n) is 3.81. The number of ether oxygens (including phenoxy) is 1. The molecule has 7 heteroatoms. The van der Waals surface area contributed by atoms with Crippen LogP contribution in [0.3, 0.4) is 0 Å². The molecule has 5 nitrogen and oxygen atoms in total. The molecule has 1 unspecified atom stereocenters. The molecule has 0 aliphatic heterocycles.